The number of ether oxygens (including phenoxy) is 1. The molecule has 21 heavy (non-hydrogen) atoms. The Morgan fingerprint density at radius 3 is 2.81 bits per heavy atom. The van der Waals surface area contributed by atoms with Crippen LogP contribution in [0.2, 0.25) is 0 Å². The van der Waals surface area contributed by atoms with Crippen molar-refractivity contribution in [1.29, 1.82) is 0 Å². The third kappa shape index (κ3) is 2.79. The van der Waals surface area contributed by atoms with Crippen LogP contribution in [0.25, 0.3) is 0 Å². The Hall–Kier alpha value is -1.87. The smallest absolute Gasteiger partial charge is 0.127 e. The SMILES string of the molecule is Cc1ccc2c(c1C)OCCC2NCc1ccccc1F. The van der Waals surface area contributed by atoms with Crippen LogP contribution in [0.1, 0.15) is 34.7 Å². The molecule has 1 heterocycles. The molecule has 0 radical (unpaired) electrons. The summed E-state index contributed by atoms with van der Waals surface area (Å²) >= 11 is 0. The minimum absolute atomic E-state index is 0.155. The molecule has 1 atom stereocenters. The Kier molecular flexibility index (Phi) is 3.93. The summed E-state index contributed by atoms with van der Waals surface area (Å²) in [6.07, 6.45) is 0.907. The van der Waals surface area contributed by atoms with Crippen molar-refractivity contribution >= 4 is 0 Å². The maximum atomic E-state index is 13.7. The molecular weight excluding hydrogens is 265 g/mol. The highest BCUT2D eigenvalue weighted by molar-refractivity contribution is 5.47. The van der Waals surface area contributed by atoms with E-state index < -0.39 is 0 Å². The van der Waals surface area contributed by atoms with Crippen LogP contribution in [0.15, 0.2) is 36.4 Å². The Labute approximate surface area is 125 Å². The molecule has 0 amide bonds. The molecule has 1 N–H and O–H groups in total. The van der Waals surface area contributed by atoms with Crippen LogP contribution in [-0.2, 0) is 6.54 Å². The first-order chi connectivity index (χ1) is 10.2. The van der Waals surface area contributed by atoms with Crippen molar-refractivity contribution in [1.82, 2.24) is 5.32 Å². The van der Waals surface area contributed by atoms with E-state index in [0.29, 0.717) is 18.7 Å². The molecule has 0 fully saturated rings. The van der Waals surface area contributed by atoms with Gasteiger partial charge in [0.15, 0.2) is 0 Å². The summed E-state index contributed by atoms with van der Waals surface area (Å²) in [7, 11) is 0. The van der Waals surface area contributed by atoms with E-state index in [-0.39, 0.29) is 11.9 Å². The maximum absolute atomic E-state index is 13.7. The van der Waals surface area contributed by atoms with Gasteiger partial charge < -0.3 is 10.1 Å². The van der Waals surface area contributed by atoms with Crippen LogP contribution >= 0.6 is 0 Å². The first-order valence-electron chi connectivity index (χ1n) is 7.36. The molecule has 110 valence electrons. The van der Waals surface area contributed by atoms with E-state index in [0.717, 1.165) is 12.2 Å². The number of benzene rings is 2. The Morgan fingerprint density at radius 1 is 1.19 bits per heavy atom. The standard InChI is InChI=1S/C18H20FNO/c1-12-7-8-15-17(9-10-21-18(15)13(12)2)20-11-14-5-3-4-6-16(14)19/h3-8,17,20H,9-11H2,1-2H3. The van der Waals surface area contributed by atoms with Gasteiger partial charge in [0.1, 0.15) is 11.6 Å². The topological polar surface area (TPSA) is 21.3 Å². The maximum Gasteiger partial charge on any atom is 0.127 e. The molecule has 1 unspecified atom stereocenters. The van der Waals surface area contributed by atoms with Crippen molar-refractivity contribution in [3.63, 3.8) is 0 Å². The molecule has 3 heteroatoms. The summed E-state index contributed by atoms with van der Waals surface area (Å²) < 4.78 is 19.5. The highest BCUT2D eigenvalue weighted by atomic mass is 19.1. The lowest BCUT2D eigenvalue weighted by Crippen LogP contribution is -2.27. The third-order valence-corrected chi connectivity index (χ3v) is 4.23. The fourth-order valence-electron chi connectivity index (χ4n) is 2.80. The molecule has 0 saturated heterocycles. The summed E-state index contributed by atoms with van der Waals surface area (Å²) in [5.41, 5.74) is 4.32. The number of halogens is 1. The minimum atomic E-state index is -0.155. The number of hydrogen-bond donors (Lipinski definition) is 1. The van der Waals surface area contributed by atoms with Gasteiger partial charge in [0, 0.05) is 30.1 Å². The van der Waals surface area contributed by atoms with Gasteiger partial charge in [-0.3, -0.25) is 0 Å². The lowest BCUT2D eigenvalue weighted by molar-refractivity contribution is 0.250. The predicted octanol–water partition coefficient (Wildman–Crippen LogP) is 4.06. The molecule has 2 aromatic carbocycles. The molecule has 0 aromatic heterocycles. The van der Waals surface area contributed by atoms with Gasteiger partial charge in [0.05, 0.1) is 6.61 Å². The number of aryl methyl sites for hydroxylation is 1. The average molecular weight is 285 g/mol. The summed E-state index contributed by atoms with van der Waals surface area (Å²) in [5, 5.41) is 3.46. The minimum Gasteiger partial charge on any atom is -0.493 e. The number of nitrogens with one attached hydrogen (secondary N) is 1. The van der Waals surface area contributed by atoms with E-state index >= 15 is 0 Å². The van der Waals surface area contributed by atoms with Crippen LogP contribution in [0.4, 0.5) is 4.39 Å². The zero-order valence-corrected chi connectivity index (χ0v) is 12.4. The van der Waals surface area contributed by atoms with Gasteiger partial charge in [-0.25, -0.2) is 4.39 Å². The fraction of sp³-hybridized carbons (Fsp3) is 0.333. The van der Waals surface area contributed by atoms with Crippen LogP contribution in [0, 0.1) is 19.7 Å². The Morgan fingerprint density at radius 2 is 2.00 bits per heavy atom. The summed E-state index contributed by atoms with van der Waals surface area (Å²) in [5.74, 6) is 0.838. The van der Waals surface area contributed by atoms with Gasteiger partial charge in [-0.2, -0.15) is 0 Å². The van der Waals surface area contributed by atoms with E-state index in [9.17, 15) is 4.39 Å². The zero-order valence-electron chi connectivity index (χ0n) is 12.4. The third-order valence-electron chi connectivity index (χ3n) is 4.23. The quantitative estimate of drug-likeness (QED) is 0.918. The van der Waals surface area contributed by atoms with Crippen LogP contribution in [0.3, 0.4) is 0 Å². The van der Waals surface area contributed by atoms with Crippen molar-refractivity contribution in [3.05, 3.63) is 64.5 Å². The fourth-order valence-corrected chi connectivity index (χ4v) is 2.80. The molecular formula is C18H20FNO. The molecule has 1 aliphatic rings. The van der Waals surface area contributed by atoms with Crippen molar-refractivity contribution in [2.24, 2.45) is 0 Å². The van der Waals surface area contributed by atoms with E-state index in [1.54, 1.807) is 6.07 Å². The monoisotopic (exact) mass is 285 g/mol. The highest BCUT2D eigenvalue weighted by Gasteiger charge is 2.23. The normalized spacial score (nSPS) is 17.2. The van der Waals surface area contributed by atoms with E-state index in [2.05, 4.69) is 31.3 Å². The zero-order chi connectivity index (χ0) is 14.8. The molecule has 1 aliphatic heterocycles. The van der Waals surface area contributed by atoms with Crippen molar-refractivity contribution in [3.8, 4) is 5.75 Å². The van der Waals surface area contributed by atoms with Crippen molar-refractivity contribution in [2.45, 2.75) is 32.9 Å². The van der Waals surface area contributed by atoms with E-state index in [1.807, 2.05) is 12.1 Å². The first kappa shape index (κ1) is 14.1. The molecule has 3 rings (SSSR count). The second-order valence-corrected chi connectivity index (χ2v) is 5.59. The molecule has 0 aliphatic carbocycles. The summed E-state index contributed by atoms with van der Waals surface area (Å²) in [6, 6.07) is 11.4. The van der Waals surface area contributed by atoms with Gasteiger partial charge in [-0.05, 0) is 31.0 Å². The number of fused-ring (bicyclic) bond motifs is 1. The van der Waals surface area contributed by atoms with Crippen LogP contribution in [0.5, 0.6) is 5.75 Å². The first-order valence-corrected chi connectivity index (χ1v) is 7.36. The molecule has 0 bridgehead atoms. The summed E-state index contributed by atoms with van der Waals surface area (Å²) in [4.78, 5) is 0. The number of hydrogen-bond acceptors (Lipinski definition) is 2. The average Bonchev–Trinajstić information content (AvgIpc) is 2.50. The molecule has 2 aromatic rings. The van der Waals surface area contributed by atoms with Crippen molar-refractivity contribution in [2.75, 3.05) is 6.61 Å². The summed E-state index contributed by atoms with van der Waals surface area (Å²) in [6.45, 7) is 5.42. The van der Waals surface area contributed by atoms with E-state index in [4.69, 9.17) is 4.74 Å². The van der Waals surface area contributed by atoms with E-state index in [1.165, 1.54) is 22.8 Å². The lowest BCUT2D eigenvalue weighted by Gasteiger charge is -2.28. The van der Waals surface area contributed by atoms with Gasteiger partial charge in [-0.1, -0.05) is 30.3 Å². The van der Waals surface area contributed by atoms with Gasteiger partial charge in [0.2, 0.25) is 0 Å². The second kappa shape index (κ2) is 5.86. The molecule has 0 saturated carbocycles. The van der Waals surface area contributed by atoms with Gasteiger partial charge in [-0.15, -0.1) is 0 Å². The second-order valence-electron chi connectivity index (χ2n) is 5.59. The highest BCUT2D eigenvalue weighted by Crippen LogP contribution is 2.36. The lowest BCUT2D eigenvalue weighted by atomic mass is 9.95. The van der Waals surface area contributed by atoms with Crippen molar-refractivity contribution < 1.29 is 9.13 Å². The van der Waals surface area contributed by atoms with Crippen LogP contribution < -0.4 is 10.1 Å². The van der Waals surface area contributed by atoms with Gasteiger partial charge >= 0.3 is 0 Å². The number of rotatable bonds is 3. The van der Waals surface area contributed by atoms with Crippen LogP contribution in [-0.4, -0.2) is 6.61 Å². The Balaban J connectivity index is 1.80. The largest absolute Gasteiger partial charge is 0.493 e. The van der Waals surface area contributed by atoms with Gasteiger partial charge in [0.25, 0.3) is 0 Å². The molecule has 0 spiro atoms. The predicted molar refractivity (Wildman–Crippen MR) is 82.0 cm³/mol. The Bertz CT molecular complexity index is 654. The molecule has 2 nitrogen and oxygen atoms in total.